The maximum atomic E-state index is 12.2. The number of benzene rings is 1. The van der Waals surface area contributed by atoms with E-state index in [1.54, 1.807) is 18.2 Å². The standard InChI is InChI=1S/C15H18ClNO5S/c16-12-3-4-14-10(7-12)6-11(8-22-14)15(18)17-23(19,20)9-13-2-1-5-21-13/h3-4,7,11,13H,1-2,5-6,8-9H2,(H,17,18). The van der Waals surface area contributed by atoms with E-state index in [9.17, 15) is 13.2 Å². The summed E-state index contributed by atoms with van der Waals surface area (Å²) in [6.07, 6.45) is 1.62. The summed E-state index contributed by atoms with van der Waals surface area (Å²) in [7, 11) is -3.71. The van der Waals surface area contributed by atoms with Crippen molar-refractivity contribution in [3.8, 4) is 5.75 Å². The quantitative estimate of drug-likeness (QED) is 0.881. The van der Waals surface area contributed by atoms with Crippen LogP contribution in [0.1, 0.15) is 18.4 Å². The molecule has 1 aromatic carbocycles. The minimum Gasteiger partial charge on any atom is -0.492 e. The van der Waals surface area contributed by atoms with Gasteiger partial charge >= 0.3 is 0 Å². The topological polar surface area (TPSA) is 81.7 Å². The summed E-state index contributed by atoms with van der Waals surface area (Å²) in [5.74, 6) is -0.608. The second kappa shape index (κ2) is 6.67. The van der Waals surface area contributed by atoms with E-state index >= 15 is 0 Å². The Bertz CT molecular complexity index is 700. The van der Waals surface area contributed by atoms with Crippen molar-refractivity contribution in [1.82, 2.24) is 4.72 Å². The molecule has 0 spiro atoms. The van der Waals surface area contributed by atoms with Gasteiger partial charge < -0.3 is 9.47 Å². The van der Waals surface area contributed by atoms with Gasteiger partial charge in [0.15, 0.2) is 0 Å². The molecule has 2 unspecified atom stereocenters. The van der Waals surface area contributed by atoms with Gasteiger partial charge in [-0.25, -0.2) is 8.42 Å². The predicted molar refractivity (Wildman–Crippen MR) is 85.0 cm³/mol. The van der Waals surface area contributed by atoms with E-state index in [1.807, 2.05) is 0 Å². The molecule has 8 heteroatoms. The van der Waals surface area contributed by atoms with Crippen LogP contribution >= 0.6 is 11.6 Å². The minimum atomic E-state index is -3.71. The molecule has 3 rings (SSSR count). The van der Waals surface area contributed by atoms with E-state index in [2.05, 4.69) is 4.72 Å². The Labute approximate surface area is 140 Å². The average Bonchev–Trinajstić information content (AvgIpc) is 2.97. The fraction of sp³-hybridized carbons (Fsp3) is 0.533. The number of ether oxygens (including phenoxy) is 2. The van der Waals surface area contributed by atoms with Gasteiger partial charge in [0, 0.05) is 11.6 Å². The zero-order chi connectivity index (χ0) is 16.4. The first kappa shape index (κ1) is 16.5. The van der Waals surface area contributed by atoms with Crippen molar-refractivity contribution in [2.24, 2.45) is 5.92 Å². The number of rotatable bonds is 4. The molecule has 2 atom stereocenters. The van der Waals surface area contributed by atoms with E-state index < -0.39 is 21.8 Å². The molecular formula is C15H18ClNO5S. The van der Waals surface area contributed by atoms with E-state index in [1.165, 1.54) is 0 Å². The number of nitrogens with one attached hydrogen (secondary N) is 1. The van der Waals surface area contributed by atoms with Crippen LogP contribution in [0.25, 0.3) is 0 Å². The molecule has 0 aliphatic carbocycles. The van der Waals surface area contributed by atoms with Crippen LogP contribution in [-0.4, -0.2) is 39.4 Å². The van der Waals surface area contributed by atoms with Gasteiger partial charge in [-0.15, -0.1) is 0 Å². The smallest absolute Gasteiger partial charge is 0.240 e. The molecule has 126 valence electrons. The van der Waals surface area contributed by atoms with E-state index in [4.69, 9.17) is 21.1 Å². The van der Waals surface area contributed by atoms with Crippen LogP contribution in [0.2, 0.25) is 5.02 Å². The second-order valence-corrected chi connectivity index (χ2v) is 8.05. The molecule has 0 aromatic heterocycles. The number of halogens is 1. The largest absolute Gasteiger partial charge is 0.492 e. The summed E-state index contributed by atoms with van der Waals surface area (Å²) in [6.45, 7) is 0.720. The molecule has 2 heterocycles. The molecule has 1 N–H and O–H groups in total. The van der Waals surface area contributed by atoms with Crippen molar-refractivity contribution in [2.75, 3.05) is 19.0 Å². The lowest BCUT2D eigenvalue weighted by Crippen LogP contribution is -2.42. The van der Waals surface area contributed by atoms with Crippen LogP contribution < -0.4 is 9.46 Å². The van der Waals surface area contributed by atoms with Gasteiger partial charge in [0.2, 0.25) is 15.9 Å². The normalized spacial score (nSPS) is 23.9. The van der Waals surface area contributed by atoms with Crippen molar-refractivity contribution < 1.29 is 22.7 Å². The van der Waals surface area contributed by atoms with Gasteiger partial charge in [-0.05, 0) is 43.0 Å². The maximum absolute atomic E-state index is 12.2. The highest BCUT2D eigenvalue weighted by molar-refractivity contribution is 7.90. The Balaban J connectivity index is 1.62. The van der Waals surface area contributed by atoms with E-state index in [0.29, 0.717) is 30.2 Å². The maximum Gasteiger partial charge on any atom is 0.240 e. The second-order valence-electron chi connectivity index (χ2n) is 5.85. The van der Waals surface area contributed by atoms with Gasteiger partial charge in [0.1, 0.15) is 12.4 Å². The lowest BCUT2D eigenvalue weighted by Gasteiger charge is -2.24. The first-order valence-electron chi connectivity index (χ1n) is 7.50. The zero-order valence-corrected chi connectivity index (χ0v) is 14.0. The molecular weight excluding hydrogens is 342 g/mol. The highest BCUT2D eigenvalue weighted by Gasteiger charge is 2.30. The SMILES string of the molecule is O=C(NS(=O)(=O)CC1CCCO1)C1COc2ccc(Cl)cc2C1. The molecule has 2 aliphatic heterocycles. The molecule has 0 bridgehead atoms. The Hall–Kier alpha value is -1.31. The molecule has 1 fully saturated rings. The first-order valence-corrected chi connectivity index (χ1v) is 9.53. The van der Waals surface area contributed by atoms with Gasteiger partial charge in [-0.2, -0.15) is 0 Å². The van der Waals surface area contributed by atoms with Crippen molar-refractivity contribution in [3.05, 3.63) is 28.8 Å². The highest BCUT2D eigenvalue weighted by atomic mass is 35.5. The number of amides is 1. The molecule has 6 nitrogen and oxygen atoms in total. The third-order valence-electron chi connectivity index (χ3n) is 3.99. The average molecular weight is 360 g/mol. The molecule has 0 saturated carbocycles. The Morgan fingerprint density at radius 3 is 2.96 bits per heavy atom. The number of hydrogen-bond acceptors (Lipinski definition) is 5. The lowest BCUT2D eigenvalue weighted by molar-refractivity contribution is -0.124. The number of carbonyl (C=O) groups is 1. The third-order valence-corrected chi connectivity index (χ3v) is 5.54. The molecule has 0 radical (unpaired) electrons. The minimum absolute atomic E-state index is 0.149. The zero-order valence-electron chi connectivity index (χ0n) is 12.5. The number of hydrogen-bond donors (Lipinski definition) is 1. The summed E-state index contributed by atoms with van der Waals surface area (Å²) in [4.78, 5) is 12.2. The molecule has 1 aromatic rings. The number of fused-ring (bicyclic) bond motifs is 1. The molecule has 23 heavy (non-hydrogen) atoms. The Morgan fingerprint density at radius 2 is 2.22 bits per heavy atom. The predicted octanol–water partition coefficient (Wildman–Crippen LogP) is 1.52. The molecule has 2 aliphatic rings. The summed E-state index contributed by atoms with van der Waals surface area (Å²) >= 11 is 5.94. The van der Waals surface area contributed by atoms with Gasteiger partial charge in [0.25, 0.3) is 0 Å². The monoisotopic (exact) mass is 359 g/mol. The fourth-order valence-corrected chi connectivity index (χ4v) is 4.33. The summed E-state index contributed by atoms with van der Waals surface area (Å²) < 4.78 is 37.1. The Kier molecular flexibility index (Phi) is 4.79. The first-order chi connectivity index (χ1) is 10.9. The highest BCUT2D eigenvalue weighted by Crippen LogP contribution is 2.30. The van der Waals surface area contributed by atoms with Gasteiger partial charge in [0.05, 0.1) is 17.8 Å². The van der Waals surface area contributed by atoms with Crippen LogP contribution in [0, 0.1) is 5.92 Å². The summed E-state index contributed by atoms with van der Waals surface area (Å²) in [5, 5.41) is 0.555. The summed E-state index contributed by atoms with van der Waals surface area (Å²) in [5.41, 5.74) is 0.806. The van der Waals surface area contributed by atoms with Gasteiger partial charge in [-0.3, -0.25) is 9.52 Å². The van der Waals surface area contributed by atoms with Gasteiger partial charge in [-0.1, -0.05) is 11.6 Å². The van der Waals surface area contributed by atoms with Crippen molar-refractivity contribution in [1.29, 1.82) is 0 Å². The van der Waals surface area contributed by atoms with Crippen molar-refractivity contribution in [3.63, 3.8) is 0 Å². The van der Waals surface area contributed by atoms with Crippen molar-refractivity contribution in [2.45, 2.75) is 25.4 Å². The van der Waals surface area contributed by atoms with Crippen LogP contribution in [0.4, 0.5) is 0 Å². The Morgan fingerprint density at radius 1 is 1.39 bits per heavy atom. The van der Waals surface area contributed by atoms with Crippen LogP contribution in [0.15, 0.2) is 18.2 Å². The van der Waals surface area contributed by atoms with E-state index in [0.717, 1.165) is 12.0 Å². The summed E-state index contributed by atoms with van der Waals surface area (Å²) in [6, 6.07) is 5.20. The number of sulfonamides is 1. The molecule has 1 saturated heterocycles. The van der Waals surface area contributed by atoms with Crippen LogP contribution in [0.3, 0.4) is 0 Å². The van der Waals surface area contributed by atoms with Crippen LogP contribution in [0.5, 0.6) is 5.75 Å². The number of carbonyl (C=O) groups excluding carboxylic acids is 1. The third kappa shape index (κ3) is 4.16. The lowest BCUT2D eigenvalue weighted by atomic mass is 9.96. The van der Waals surface area contributed by atoms with E-state index in [-0.39, 0.29) is 18.5 Å². The van der Waals surface area contributed by atoms with Crippen molar-refractivity contribution >= 4 is 27.5 Å². The molecule has 1 amide bonds. The van der Waals surface area contributed by atoms with Crippen LogP contribution in [-0.2, 0) is 26.0 Å². The fourth-order valence-electron chi connectivity index (χ4n) is 2.83.